The summed E-state index contributed by atoms with van der Waals surface area (Å²) in [6, 6.07) is 4.63. The van der Waals surface area contributed by atoms with E-state index < -0.39 is 0 Å². The predicted molar refractivity (Wildman–Crippen MR) is 72.8 cm³/mol. The first kappa shape index (κ1) is 13.7. The highest BCUT2D eigenvalue weighted by Crippen LogP contribution is 2.18. The van der Waals surface area contributed by atoms with Crippen LogP contribution in [0.15, 0.2) is 12.1 Å². The minimum absolute atomic E-state index is 0.178. The summed E-state index contributed by atoms with van der Waals surface area (Å²) in [7, 11) is 0. The van der Waals surface area contributed by atoms with Gasteiger partial charge in [0.25, 0.3) is 0 Å². The van der Waals surface area contributed by atoms with Crippen molar-refractivity contribution in [2.75, 3.05) is 6.54 Å². The third-order valence-electron chi connectivity index (χ3n) is 2.84. The molecule has 0 aliphatic carbocycles. The van der Waals surface area contributed by atoms with Crippen LogP contribution in [-0.4, -0.2) is 12.6 Å². The molecule has 0 fully saturated rings. The second kappa shape index (κ2) is 5.80. The van der Waals surface area contributed by atoms with Gasteiger partial charge in [-0.2, -0.15) is 0 Å². The molecule has 0 amide bonds. The molecule has 1 rings (SSSR count). The van der Waals surface area contributed by atoms with E-state index in [1.165, 1.54) is 9.75 Å². The van der Waals surface area contributed by atoms with Gasteiger partial charge >= 0.3 is 0 Å². The molecule has 1 aromatic rings. The van der Waals surface area contributed by atoms with Gasteiger partial charge in [-0.15, -0.1) is 11.3 Å². The van der Waals surface area contributed by atoms with Crippen molar-refractivity contribution >= 4 is 11.3 Å². The summed E-state index contributed by atoms with van der Waals surface area (Å²) in [5.74, 6) is 0. The minimum atomic E-state index is 0.178. The van der Waals surface area contributed by atoms with Crippen LogP contribution in [0.4, 0.5) is 0 Å². The quantitative estimate of drug-likeness (QED) is 0.830. The third kappa shape index (κ3) is 4.24. The summed E-state index contributed by atoms with van der Waals surface area (Å²) in [5.41, 5.74) is 6.26. The number of thiophene rings is 1. The fourth-order valence-corrected chi connectivity index (χ4v) is 2.29. The Balaban J connectivity index is 2.30. The van der Waals surface area contributed by atoms with Crippen molar-refractivity contribution in [3.05, 3.63) is 21.9 Å². The van der Waals surface area contributed by atoms with Crippen molar-refractivity contribution < 1.29 is 0 Å². The first-order valence-electron chi connectivity index (χ1n) is 5.97. The van der Waals surface area contributed by atoms with Crippen LogP contribution in [0.1, 0.15) is 37.4 Å². The zero-order valence-corrected chi connectivity index (χ0v) is 11.7. The molecule has 0 bridgehead atoms. The fraction of sp³-hybridized carbons (Fsp3) is 0.692. The Hall–Kier alpha value is -0.380. The van der Waals surface area contributed by atoms with Crippen LogP contribution < -0.4 is 11.1 Å². The largest absolute Gasteiger partial charge is 0.326 e. The van der Waals surface area contributed by atoms with E-state index in [1.54, 1.807) is 0 Å². The Labute approximate surface area is 103 Å². The number of nitrogens with two attached hydrogens (primary N) is 1. The lowest BCUT2D eigenvalue weighted by molar-refractivity contribution is 0.309. The van der Waals surface area contributed by atoms with Crippen molar-refractivity contribution in [3.63, 3.8) is 0 Å². The number of nitrogens with one attached hydrogen (secondary N) is 1. The van der Waals surface area contributed by atoms with Crippen molar-refractivity contribution in [1.29, 1.82) is 0 Å². The van der Waals surface area contributed by atoms with Gasteiger partial charge in [-0.25, -0.2) is 0 Å². The molecule has 92 valence electrons. The summed E-state index contributed by atoms with van der Waals surface area (Å²) >= 11 is 1.89. The molecule has 0 saturated carbocycles. The molecular formula is C13H24N2S. The molecular weight excluding hydrogens is 216 g/mol. The smallest absolute Gasteiger partial charge is 0.0300 e. The highest BCUT2D eigenvalue weighted by molar-refractivity contribution is 7.11. The molecule has 0 saturated heterocycles. The first-order chi connectivity index (χ1) is 7.43. The Kier molecular flexibility index (Phi) is 4.96. The summed E-state index contributed by atoms with van der Waals surface area (Å²) in [5, 5.41) is 3.43. The number of hydrogen-bond donors (Lipinski definition) is 2. The molecule has 1 aromatic heterocycles. The van der Waals surface area contributed by atoms with Crippen molar-refractivity contribution in [1.82, 2.24) is 5.32 Å². The van der Waals surface area contributed by atoms with Gasteiger partial charge < -0.3 is 11.1 Å². The third-order valence-corrected chi connectivity index (χ3v) is 4.07. The molecule has 0 spiro atoms. The lowest BCUT2D eigenvalue weighted by atomic mass is 9.87. The molecule has 2 nitrogen and oxygen atoms in total. The van der Waals surface area contributed by atoms with Gasteiger partial charge in [-0.1, -0.05) is 27.7 Å². The topological polar surface area (TPSA) is 38.0 Å². The molecule has 3 N–H and O–H groups in total. The van der Waals surface area contributed by atoms with Gasteiger partial charge in [-0.3, -0.25) is 0 Å². The van der Waals surface area contributed by atoms with E-state index in [1.807, 2.05) is 11.3 Å². The Bertz CT molecular complexity index is 312. The number of aryl methyl sites for hydroxylation is 1. The zero-order chi connectivity index (χ0) is 12.2. The van der Waals surface area contributed by atoms with Gasteiger partial charge in [0.05, 0.1) is 0 Å². The number of hydrogen-bond acceptors (Lipinski definition) is 3. The fourth-order valence-electron chi connectivity index (χ4n) is 1.36. The second-order valence-electron chi connectivity index (χ2n) is 5.32. The Morgan fingerprint density at radius 1 is 1.31 bits per heavy atom. The van der Waals surface area contributed by atoms with Gasteiger partial charge in [0, 0.05) is 28.9 Å². The lowest BCUT2D eigenvalue weighted by Gasteiger charge is -2.27. The second-order valence-corrected chi connectivity index (χ2v) is 6.58. The maximum absolute atomic E-state index is 6.09. The van der Waals surface area contributed by atoms with Crippen LogP contribution in [-0.2, 0) is 13.0 Å². The van der Waals surface area contributed by atoms with E-state index in [-0.39, 0.29) is 11.5 Å². The van der Waals surface area contributed by atoms with E-state index in [0.717, 1.165) is 19.5 Å². The summed E-state index contributed by atoms with van der Waals surface area (Å²) in [4.78, 5) is 2.86. The standard InChI is InChI=1S/C13H24N2S/c1-5-10-6-7-11(16-10)8-15-9-12(14)13(2,3)4/h6-7,12,15H,5,8-9,14H2,1-4H3. The van der Waals surface area contributed by atoms with E-state index >= 15 is 0 Å². The van der Waals surface area contributed by atoms with Crippen LogP contribution >= 0.6 is 11.3 Å². The zero-order valence-electron chi connectivity index (χ0n) is 10.8. The summed E-state index contributed by atoms with van der Waals surface area (Å²) < 4.78 is 0. The maximum atomic E-state index is 6.09. The van der Waals surface area contributed by atoms with Gasteiger partial charge in [0.2, 0.25) is 0 Å². The van der Waals surface area contributed by atoms with Gasteiger partial charge in [-0.05, 0) is 24.0 Å². The molecule has 1 atom stereocenters. The van der Waals surface area contributed by atoms with Gasteiger partial charge in [0.15, 0.2) is 0 Å². The van der Waals surface area contributed by atoms with Gasteiger partial charge in [0.1, 0.15) is 0 Å². The van der Waals surface area contributed by atoms with Crippen LogP contribution in [0.5, 0.6) is 0 Å². The molecule has 0 radical (unpaired) electrons. The molecule has 1 unspecified atom stereocenters. The highest BCUT2D eigenvalue weighted by Gasteiger charge is 2.19. The molecule has 0 aliphatic rings. The highest BCUT2D eigenvalue weighted by atomic mass is 32.1. The van der Waals surface area contributed by atoms with Crippen LogP contribution in [0.2, 0.25) is 0 Å². The van der Waals surface area contributed by atoms with E-state index in [4.69, 9.17) is 5.73 Å². The lowest BCUT2D eigenvalue weighted by Crippen LogP contribution is -2.43. The molecule has 3 heteroatoms. The average Bonchev–Trinajstić information content (AvgIpc) is 2.64. The Morgan fingerprint density at radius 3 is 2.44 bits per heavy atom. The normalized spacial score (nSPS) is 14.1. The van der Waals surface area contributed by atoms with Crippen LogP contribution in [0.25, 0.3) is 0 Å². The summed E-state index contributed by atoms with van der Waals surface area (Å²) in [6.07, 6.45) is 1.13. The molecule has 1 heterocycles. The van der Waals surface area contributed by atoms with Crippen molar-refractivity contribution in [2.24, 2.45) is 11.1 Å². The van der Waals surface area contributed by atoms with E-state index in [9.17, 15) is 0 Å². The molecule has 0 aromatic carbocycles. The van der Waals surface area contributed by atoms with Crippen molar-refractivity contribution in [2.45, 2.75) is 46.7 Å². The summed E-state index contributed by atoms with van der Waals surface area (Å²) in [6.45, 7) is 10.6. The Morgan fingerprint density at radius 2 is 1.94 bits per heavy atom. The van der Waals surface area contributed by atoms with Crippen molar-refractivity contribution in [3.8, 4) is 0 Å². The number of rotatable bonds is 5. The predicted octanol–water partition coefficient (Wildman–Crippen LogP) is 2.77. The monoisotopic (exact) mass is 240 g/mol. The van der Waals surface area contributed by atoms with E-state index in [0.29, 0.717) is 0 Å². The molecule has 0 aliphatic heterocycles. The first-order valence-corrected chi connectivity index (χ1v) is 6.79. The molecule has 16 heavy (non-hydrogen) atoms. The SMILES string of the molecule is CCc1ccc(CNCC(N)C(C)(C)C)s1. The minimum Gasteiger partial charge on any atom is -0.326 e. The van der Waals surface area contributed by atoms with Crippen LogP contribution in [0, 0.1) is 5.41 Å². The van der Waals surface area contributed by atoms with Crippen LogP contribution in [0.3, 0.4) is 0 Å². The average molecular weight is 240 g/mol. The van der Waals surface area contributed by atoms with E-state index in [2.05, 4.69) is 45.1 Å². The maximum Gasteiger partial charge on any atom is 0.0300 e.